The van der Waals surface area contributed by atoms with Crippen molar-refractivity contribution in [3.63, 3.8) is 0 Å². The van der Waals surface area contributed by atoms with Crippen molar-refractivity contribution in [1.82, 2.24) is 20.2 Å². The number of anilines is 1. The number of aryl methyl sites for hydroxylation is 1. The average molecular weight is 271 g/mol. The highest BCUT2D eigenvalue weighted by Crippen LogP contribution is 2.51. The summed E-state index contributed by atoms with van der Waals surface area (Å²) in [6.07, 6.45) is 5.04. The van der Waals surface area contributed by atoms with E-state index in [4.69, 9.17) is 5.73 Å². The summed E-state index contributed by atoms with van der Waals surface area (Å²) >= 11 is 0. The van der Waals surface area contributed by atoms with E-state index in [0.717, 1.165) is 29.2 Å². The summed E-state index contributed by atoms with van der Waals surface area (Å²) in [7, 11) is 0. The molecular formula is C15H21N5. The minimum absolute atomic E-state index is 0.424. The van der Waals surface area contributed by atoms with Crippen molar-refractivity contribution in [1.29, 1.82) is 0 Å². The lowest BCUT2D eigenvalue weighted by Gasteiger charge is -2.15. The lowest BCUT2D eigenvalue weighted by atomic mass is 10.0. The van der Waals surface area contributed by atoms with Crippen LogP contribution >= 0.6 is 0 Å². The Labute approximate surface area is 119 Å². The SMILES string of the molecule is CCCC1(Cn2nnnc2-c2cc(N)ccc2C)CC1. The van der Waals surface area contributed by atoms with Crippen LogP contribution in [0.5, 0.6) is 0 Å². The highest BCUT2D eigenvalue weighted by molar-refractivity contribution is 5.65. The zero-order valence-corrected chi connectivity index (χ0v) is 12.1. The smallest absolute Gasteiger partial charge is 0.182 e. The normalized spacial score (nSPS) is 16.3. The molecule has 20 heavy (non-hydrogen) atoms. The fraction of sp³-hybridized carbons (Fsp3) is 0.533. The van der Waals surface area contributed by atoms with Gasteiger partial charge in [0, 0.05) is 11.3 Å². The Morgan fingerprint density at radius 1 is 1.35 bits per heavy atom. The van der Waals surface area contributed by atoms with Gasteiger partial charge in [-0.2, -0.15) is 0 Å². The van der Waals surface area contributed by atoms with Crippen molar-refractivity contribution >= 4 is 5.69 Å². The van der Waals surface area contributed by atoms with Gasteiger partial charge in [0.2, 0.25) is 0 Å². The van der Waals surface area contributed by atoms with Crippen LogP contribution in [-0.4, -0.2) is 20.2 Å². The molecule has 1 aromatic carbocycles. The van der Waals surface area contributed by atoms with E-state index in [1.165, 1.54) is 25.7 Å². The first-order chi connectivity index (χ1) is 9.63. The van der Waals surface area contributed by atoms with E-state index in [1.807, 2.05) is 22.9 Å². The summed E-state index contributed by atoms with van der Waals surface area (Å²) in [4.78, 5) is 0. The van der Waals surface area contributed by atoms with Crippen LogP contribution in [0.2, 0.25) is 0 Å². The summed E-state index contributed by atoms with van der Waals surface area (Å²) in [5, 5.41) is 12.3. The maximum atomic E-state index is 5.89. The van der Waals surface area contributed by atoms with Crippen LogP contribution in [-0.2, 0) is 6.54 Å². The number of hydrogen-bond acceptors (Lipinski definition) is 4. The predicted octanol–water partition coefficient (Wildman–Crippen LogP) is 2.81. The Morgan fingerprint density at radius 2 is 2.15 bits per heavy atom. The lowest BCUT2D eigenvalue weighted by molar-refractivity contribution is 0.365. The van der Waals surface area contributed by atoms with Gasteiger partial charge in [0.25, 0.3) is 0 Å². The topological polar surface area (TPSA) is 69.6 Å². The zero-order chi connectivity index (χ0) is 14.2. The summed E-state index contributed by atoms with van der Waals surface area (Å²) in [5.74, 6) is 0.831. The van der Waals surface area contributed by atoms with Crippen LogP contribution < -0.4 is 5.73 Å². The van der Waals surface area contributed by atoms with Crippen LogP contribution in [0.15, 0.2) is 18.2 Å². The molecule has 0 amide bonds. The van der Waals surface area contributed by atoms with Gasteiger partial charge < -0.3 is 5.73 Å². The summed E-state index contributed by atoms with van der Waals surface area (Å²) in [5.41, 5.74) is 9.24. The number of tetrazole rings is 1. The van der Waals surface area contributed by atoms with Crippen LogP contribution in [0.3, 0.4) is 0 Å². The van der Waals surface area contributed by atoms with Crippen molar-refractivity contribution in [2.45, 2.75) is 46.1 Å². The fourth-order valence-corrected chi connectivity index (χ4v) is 2.90. The number of nitrogens with zero attached hydrogens (tertiary/aromatic N) is 4. The van der Waals surface area contributed by atoms with E-state index in [-0.39, 0.29) is 0 Å². The van der Waals surface area contributed by atoms with E-state index in [1.54, 1.807) is 0 Å². The lowest BCUT2D eigenvalue weighted by Crippen LogP contribution is -2.14. The van der Waals surface area contributed by atoms with Crippen molar-refractivity contribution in [3.8, 4) is 11.4 Å². The van der Waals surface area contributed by atoms with E-state index in [2.05, 4.69) is 29.4 Å². The van der Waals surface area contributed by atoms with E-state index >= 15 is 0 Å². The third-order valence-electron chi connectivity index (χ3n) is 4.26. The molecule has 5 heteroatoms. The Morgan fingerprint density at radius 3 is 2.85 bits per heavy atom. The predicted molar refractivity (Wildman–Crippen MR) is 79.0 cm³/mol. The molecule has 1 aliphatic rings. The Hall–Kier alpha value is -1.91. The molecule has 1 fully saturated rings. The van der Waals surface area contributed by atoms with Gasteiger partial charge in [-0.15, -0.1) is 5.10 Å². The van der Waals surface area contributed by atoms with Gasteiger partial charge in [-0.1, -0.05) is 19.4 Å². The van der Waals surface area contributed by atoms with Gasteiger partial charge in [-0.05, 0) is 59.7 Å². The first-order valence-corrected chi connectivity index (χ1v) is 7.26. The van der Waals surface area contributed by atoms with Crippen LogP contribution in [0.1, 0.15) is 38.2 Å². The second-order valence-electron chi connectivity index (χ2n) is 5.98. The molecular weight excluding hydrogens is 250 g/mol. The zero-order valence-electron chi connectivity index (χ0n) is 12.1. The minimum Gasteiger partial charge on any atom is -0.399 e. The van der Waals surface area contributed by atoms with Gasteiger partial charge in [0.1, 0.15) is 0 Å². The van der Waals surface area contributed by atoms with Crippen LogP contribution in [0.4, 0.5) is 5.69 Å². The second-order valence-corrected chi connectivity index (χ2v) is 5.98. The first-order valence-electron chi connectivity index (χ1n) is 7.26. The molecule has 0 bridgehead atoms. The summed E-state index contributed by atoms with van der Waals surface area (Å²) in [6.45, 7) is 5.22. The van der Waals surface area contributed by atoms with Gasteiger partial charge in [0.05, 0.1) is 6.54 Å². The molecule has 1 heterocycles. The Balaban J connectivity index is 1.92. The van der Waals surface area contributed by atoms with Gasteiger partial charge in [0.15, 0.2) is 5.82 Å². The first kappa shape index (κ1) is 13.1. The molecule has 1 aliphatic carbocycles. The minimum atomic E-state index is 0.424. The molecule has 5 nitrogen and oxygen atoms in total. The highest BCUT2D eigenvalue weighted by Gasteiger charge is 2.42. The molecule has 0 atom stereocenters. The summed E-state index contributed by atoms with van der Waals surface area (Å²) in [6, 6.07) is 5.88. The number of nitrogens with two attached hydrogens (primary N) is 1. The second kappa shape index (κ2) is 4.89. The molecule has 2 aromatic rings. The third-order valence-corrected chi connectivity index (χ3v) is 4.26. The van der Waals surface area contributed by atoms with Crippen molar-refractivity contribution in [2.75, 3.05) is 5.73 Å². The maximum Gasteiger partial charge on any atom is 0.182 e. The van der Waals surface area contributed by atoms with E-state index in [9.17, 15) is 0 Å². The Kier molecular flexibility index (Phi) is 3.20. The number of aromatic nitrogens is 4. The number of nitrogen functional groups attached to an aromatic ring is 1. The molecule has 1 aromatic heterocycles. The number of benzene rings is 1. The molecule has 0 spiro atoms. The molecule has 2 N–H and O–H groups in total. The van der Waals surface area contributed by atoms with E-state index in [0.29, 0.717) is 5.41 Å². The quantitative estimate of drug-likeness (QED) is 0.849. The molecule has 0 aliphatic heterocycles. The average Bonchev–Trinajstić information content (AvgIpc) is 3.01. The standard InChI is InChI=1S/C15H21N5/c1-3-6-15(7-8-15)10-20-14(17-18-19-20)13-9-12(16)5-4-11(13)2/h4-5,9H,3,6-8,10,16H2,1-2H3. The van der Waals surface area contributed by atoms with Crippen LogP contribution in [0, 0.1) is 12.3 Å². The molecule has 1 saturated carbocycles. The molecule has 0 saturated heterocycles. The fourth-order valence-electron chi connectivity index (χ4n) is 2.90. The van der Waals surface area contributed by atoms with Crippen molar-refractivity contribution in [2.24, 2.45) is 5.41 Å². The van der Waals surface area contributed by atoms with Crippen molar-refractivity contribution < 1.29 is 0 Å². The molecule has 106 valence electrons. The Bertz CT molecular complexity index is 612. The molecule has 3 rings (SSSR count). The third kappa shape index (κ3) is 2.40. The maximum absolute atomic E-state index is 5.89. The van der Waals surface area contributed by atoms with Gasteiger partial charge in [-0.3, -0.25) is 0 Å². The van der Waals surface area contributed by atoms with E-state index < -0.39 is 0 Å². The van der Waals surface area contributed by atoms with Gasteiger partial charge >= 0.3 is 0 Å². The molecule has 0 unspecified atom stereocenters. The monoisotopic (exact) mass is 271 g/mol. The summed E-state index contributed by atoms with van der Waals surface area (Å²) < 4.78 is 1.95. The van der Waals surface area contributed by atoms with Gasteiger partial charge in [-0.25, -0.2) is 4.68 Å². The van der Waals surface area contributed by atoms with Crippen LogP contribution in [0.25, 0.3) is 11.4 Å². The van der Waals surface area contributed by atoms with Crippen molar-refractivity contribution in [3.05, 3.63) is 23.8 Å². The number of rotatable bonds is 5. The highest BCUT2D eigenvalue weighted by atomic mass is 15.5. The number of hydrogen-bond donors (Lipinski definition) is 1. The largest absolute Gasteiger partial charge is 0.399 e. The molecule has 0 radical (unpaired) electrons.